The lowest BCUT2D eigenvalue weighted by Crippen LogP contribution is -2.98. The molecule has 1 aliphatic rings. The lowest BCUT2D eigenvalue weighted by atomic mass is 10.1. The zero-order chi connectivity index (χ0) is 17.8. The third kappa shape index (κ3) is 5.84. The van der Waals surface area contributed by atoms with Crippen LogP contribution in [0.2, 0.25) is 0 Å². The number of halogens is 3. The summed E-state index contributed by atoms with van der Waals surface area (Å²) in [7, 11) is 1.88. The Kier molecular flexibility index (Phi) is 6.71. The highest BCUT2D eigenvalue weighted by atomic mass is 35.6. The Morgan fingerprint density at radius 3 is 2.13 bits per heavy atom. The second-order valence-electron chi connectivity index (χ2n) is 5.80. The standard InChI is InChI=1S/C13H18N2O.C2HCl3O2/c1-13(2)14-11(12(16)15(13)3)9-10-7-5-4-6-8-10;3-2(4,5)1(6)7/h4-8,11,14H,9H2,1-3H3;(H,6,7)/t11-;/m0./s1. The first-order valence-corrected chi connectivity index (χ1v) is 8.04. The van der Waals surface area contributed by atoms with E-state index in [1.54, 1.807) is 0 Å². The van der Waals surface area contributed by atoms with Crippen molar-refractivity contribution in [2.75, 3.05) is 7.05 Å². The number of nitrogens with zero attached hydrogens (tertiary/aromatic N) is 1. The van der Waals surface area contributed by atoms with Crippen LogP contribution in [0, 0.1) is 0 Å². The molecule has 0 spiro atoms. The zero-order valence-electron chi connectivity index (χ0n) is 13.1. The molecule has 8 heteroatoms. The highest BCUT2D eigenvalue weighted by Crippen LogP contribution is 2.24. The van der Waals surface area contributed by atoms with Crippen molar-refractivity contribution in [3.05, 3.63) is 35.9 Å². The quantitative estimate of drug-likeness (QED) is 0.757. The van der Waals surface area contributed by atoms with Crippen LogP contribution in [0.4, 0.5) is 0 Å². The minimum atomic E-state index is -2.28. The number of amides is 1. The molecule has 0 saturated carbocycles. The van der Waals surface area contributed by atoms with Gasteiger partial charge in [-0.25, -0.2) is 0 Å². The molecule has 1 saturated heterocycles. The topological polar surface area (TPSA) is 77.0 Å². The molecule has 1 aromatic carbocycles. The van der Waals surface area contributed by atoms with E-state index in [0.717, 1.165) is 6.42 Å². The first-order chi connectivity index (χ1) is 10.4. The maximum Gasteiger partial charge on any atom is 0.285 e. The Bertz CT molecular complexity index is 559. The second kappa shape index (κ2) is 7.71. The van der Waals surface area contributed by atoms with Gasteiger partial charge in [-0.2, -0.15) is 0 Å². The van der Waals surface area contributed by atoms with Crippen LogP contribution in [0.1, 0.15) is 19.4 Å². The van der Waals surface area contributed by atoms with E-state index in [9.17, 15) is 14.7 Å². The van der Waals surface area contributed by atoms with E-state index in [4.69, 9.17) is 34.8 Å². The van der Waals surface area contributed by atoms with Gasteiger partial charge in [-0.05, 0) is 5.56 Å². The molecule has 2 N–H and O–H groups in total. The van der Waals surface area contributed by atoms with Gasteiger partial charge in [0.05, 0.1) is 5.97 Å². The number of likely N-dealkylation sites (N-methyl/N-ethyl adjacent to an activating group) is 1. The second-order valence-corrected chi connectivity index (χ2v) is 8.08. The van der Waals surface area contributed by atoms with E-state index >= 15 is 0 Å². The minimum absolute atomic E-state index is 0.0300. The predicted molar refractivity (Wildman–Crippen MR) is 88.0 cm³/mol. The molecule has 1 amide bonds. The Morgan fingerprint density at radius 2 is 1.78 bits per heavy atom. The number of hydrogen-bond donors (Lipinski definition) is 1. The number of nitrogens with two attached hydrogens (primary N) is 1. The number of aliphatic carboxylic acids is 1. The first-order valence-electron chi connectivity index (χ1n) is 6.91. The number of hydrogen-bond acceptors (Lipinski definition) is 3. The summed E-state index contributed by atoms with van der Waals surface area (Å²) in [6.07, 6.45) is 0.813. The van der Waals surface area contributed by atoms with Gasteiger partial charge >= 0.3 is 0 Å². The molecule has 0 radical (unpaired) electrons. The minimum Gasteiger partial charge on any atom is -0.545 e. The molecule has 1 aromatic rings. The molecule has 1 heterocycles. The first kappa shape index (κ1) is 20.0. The van der Waals surface area contributed by atoms with Crippen molar-refractivity contribution in [1.82, 2.24) is 4.90 Å². The summed E-state index contributed by atoms with van der Waals surface area (Å²) in [5.74, 6) is -1.48. The van der Waals surface area contributed by atoms with Crippen LogP contribution in [0.25, 0.3) is 0 Å². The highest BCUT2D eigenvalue weighted by Gasteiger charge is 2.46. The molecule has 0 bridgehead atoms. The van der Waals surface area contributed by atoms with Gasteiger partial charge < -0.3 is 15.2 Å². The Morgan fingerprint density at radius 1 is 1.30 bits per heavy atom. The van der Waals surface area contributed by atoms with Gasteiger partial charge in [-0.15, -0.1) is 0 Å². The van der Waals surface area contributed by atoms with Crippen LogP contribution < -0.4 is 10.4 Å². The van der Waals surface area contributed by atoms with Gasteiger partial charge in [0, 0.05) is 27.3 Å². The maximum atomic E-state index is 12.0. The summed E-state index contributed by atoms with van der Waals surface area (Å²) in [5.41, 5.74) is 1.11. The van der Waals surface area contributed by atoms with Crippen molar-refractivity contribution in [2.45, 2.75) is 35.8 Å². The summed E-state index contributed by atoms with van der Waals surface area (Å²) in [6, 6.07) is 10.2. The molecular weight excluding hydrogens is 363 g/mol. The molecule has 5 nitrogen and oxygen atoms in total. The summed E-state index contributed by atoms with van der Waals surface area (Å²) in [6.45, 7) is 4.16. The largest absolute Gasteiger partial charge is 0.545 e. The van der Waals surface area contributed by atoms with Crippen LogP contribution in [0.15, 0.2) is 30.3 Å². The number of alkyl halides is 3. The van der Waals surface area contributed by atoms with Gasteiger partial charge in [-0.1, -0.05) is 65.1 Å². The maximum absolute atomic E-state index is 12.0. The molecule has 2 rings (SSSR count). The van der Waals surface area contributed by atoms with Gasteiger partial charge in [-0.3, -0.25) is 9.69 Å². The Labute approximate surface area is 150 Å². The van der Waals surface area contributed by atoms with Crippen molar-refractivity contribution in [2.24, 2.45) is 0 Å². The summed E-state index contributed by atoms with van der Waals surface area (Å²) in [5, 5.41) is 11.7. The number of quaternary nitrogens is 1. The summed E-state index contributed by atoms with van der Waals surface area (Å²) < 4.78 is -2.28. The smallest absolute Gasteiger partial charge is 0.285 e. The fourth-order valence-corrected chi connectivity index (χ4v) is 2.22. The number of carboxylic acid groups (broad SMARTS) is 1. The number of carboxylic acids is 1. The molecule has 1 fully saturated rings. The summed E-state index contributed by atoms with van der Waals surface area (Å²) in [4.78, 5) is 23.4. The molecule has 0 unspecified atom stereocenters. The van der Waals surface area contributed by atoms with Crippen molar-refractivity contribution >= 4 is 46.7 Å². The fourth-order valence-electron chi connectivity index (χ4n) is 2.22. The molecule has 128 valence electrons. The average Bonchev–Trinajstić information content (AvgIpc) is 2.63. The van der Waals surface area contributed by atoms with Crippen LogP contribution in [-0.4, -0.2) is 39.3 Å². The lowest BCUT2D eigenvalue weighted by Gasteiger charge is -2.22. The van der Waals surface area contributed by atoms with Gasteiger partial charge in [0.25, 0.3) is 5.91 Å². The van der Waals surface area contributed by atoms with E-state index in [-0.39, 0.29) is 17.6 Å². The molecule has 0 aromatic heterocycles. The molecule has 1 aliphatic heterocycles. The van der Waals surface area contributed by atoms with Crippen LogP contribution in [-0.2, 0) is 16.0 Å². The van der Waals surface area contributed by atoms with Crippen LogP contribution >= 0.6 is 34.8 Å². The van der Waals surface area contributed by atoms with E-state index in [0.29, 0.717) is 0 Å². The van der Waals surface area contributed by atoms with E-state index in [1.165, 1.54) is 5.56 Å². The van der Waals surface area contributed by atoms with Crippen molar-refractivity contribution in [1.29, 1.82) is 0 Å². The number of carbonyl (C=O) groups is 2. The molecule has 0 aliphatic carbocycles. The average molecular weight is 382 g/mol. The molecular formula is C15H19Cl3N2O3. The normalized spacial score (nSPS) is 20.0. The number of rotatable bonds is 2. The van der Waals surface area contributed by atoms with Gasteiger partial charge in [0.15, 0.2) is 11.7 Å². The fraction of sp³-hybridized carbons (Fsp3) is 0.467. The Hall–Kier alpha value is -1.01. The SMILES string of the molecule is CN1C(=O)[C@H](Cc2ccccc2)[NH2+]C1(C)C.O=C([O-])C(Cl)(Cl)Cl. The lowest BCUT2D eigenvalue weighted by molar-refractivity contribution is -0.737. The molecule has 1 atom stereocenters. The molecule has 23 heavy (non-hydrogen) atoms. The van der Waals surface area contributed by atoms with Crippen LogP contribution in [0.3, 0.4) is 0 Å². The van der Waals surface area contributed by atoms with E-state index in [1.807, 2.05) is 30.1 Å². The third-order valence-electron chi connectivity index (χ3n) is 3.65. The third-order valence-corrected chi connectivity index (χ3v) is 4.11. The van der Waals surface area contributed by atoms with E-state index < -0.39 is 9.76 Å². The highest BCUT2D eigenvalue weighted by molar-refractivity contribution is 6.75. The number of benzene rings is 1. The Balaban J connectivity index is 0.000000322. The van der Waals surface area contributed by atoms with Crippen molar-refractivity contribution < 1.29 is 20.0 Å². The monoisotopic (exact) mass is 380 g/mol. The summed E-state index contributed by atoms with van der Waals surface area (Å²) >= 11 is 14.2. The van der Waals surface area contributed by atoms with Crippen LogP contribution in [0.5, 0.6) is 0 Å². The zero-order valence-corrected chi connectivity index (χ0v) is 15.3. The number of carbonyl (C=O) groups excluding carboxylic acids is 2. The van der Waals surface area contributed by atoms with Crippen molar-refractivity contribution in [3.63, 3.8) is 0 Å². The van der Waals surface area contributed by atoms with Gasteiger partial charge in [0.2, 0.25) is 3.79 Å². The predicted octanol–water partition coefficient (Wildman–Crippen LogP) is 0.476. The van der Waals surface area contributed by atoms with Gasteiger partial charge in [0.1, 0.15) is 0 Å². The van der Waals surface area contributed by atoms with E-state index in [2.05, 4.69) is 31.3 Å². The van der Waals surface area contributed by atoms with Crippen molar-refractivity contribution in [3.8, 4) is 0 Å².